The third-order valence-corrected chi connectivity index (χ3v) is 5.62. The van der Waals surface area contributed by atoms with E-state index in [4.69, 9.17) is 14.2 Å². The van der Waals surface area contributed by atoms with E-state index < -0.39 is 0 Å². The number of ether oxygens (including phenoxy) is 3. The Kier molecular flexibility index (Phi) is 7.75. The minimum atomic E-state index is -0.360. The largest absolute Gasteiger partial charge is 0.480 e. The number of hydrogen-bond acceptors (Lipinski definition) is 7. The van der Waals surface area contributed by atoms with Crippen LogP contribution in [-0.2, 0) is 16.0 Å². The lowest BCUT2D eigenvalue weighted by Gasteiger charge is -2.12. The van der Waals surface area contributed by atoms with Gasteiger partial charge < -0.3 is 18.8 Å². The van der Waals surface area contributed by atoms with Crippen LogP contribution in [0, 0.1) is 0 Å². The summed E-state index contributed by atoms with van der Waals surface area (Å²) in [7, 11) is 1.58. The third-order valence-electron chi connectivity index (χ3n) is 5.62. The van der Waals surface area contributed by atoms with Gasteiger partial charge in [-0.15, -0.1) is 0 Å². The molecule has 0 bridgehead atoms. The van der Waals surface area contributed by atoms with Crippen molar-refractivity contribution < 1.29 is 23.8 Å². The van der Waals surface area contributed by atoms with Crippen LogP contribution in [0.5, 0.6) is 5.88 Å². The van der Waals surface area contributed by atoms with E-state index >= 15 is 0 Å². The second kappa shape index (κ2) is 11.3. The Labute approximate surface area is 209 Å². The summed E-state index contributed by atoms with van der Waals surface area (Å²) in [5.74, 6) is -0.200. The maximum absolute atomic E-state index is 12.1. The van der Waals surface area contributed by atoms with Gasteiger partial charge in [0.2, 0.25) is 5.88 Å². The SMILES string of the molecule is CCOC(=O)c1ccc(C(=CCn2ccc3c(OC)ncnc32)c2ccc(C(=O)OCC)cc2)cc1. The van der Waals surface area contributed by atoms with Crippen LogP contribution in [0.15, 0.2) is 73.2 Å². The molecule has 0 aliphatic heterocycles. The Hall–Kier alpha value is -4.46. The van der Waals surface area contributed by atoms with Crippen molar-refractivity contribution in [1.82, 2.24) is 14.5 Å². The molecule has 4 rings (SSSR count). The van der Waals surface area contributed by atoms with Gasteiger partial charge >= 0.3 is 11.9 Å². The molecule has 0 atom stereocenters. The van der Waals surface area contributed by atoms with Gasteiger partial charge in [0.15, 0.2) is 0 Å². The van der Waals surface area contributed by atoms with E-state index in [0.29, 0.717) is 36.8 Å². The molecule has 184 valence electrons. The highest BCUT2D eigenvalue weighted by Gasteiger charge is 2.13. The van der Waals surface area contributed by atoms with Crippen molar-refractivity contribution in [3.05, 3.63) is 95.5 Å². The number of carbonyl (C=O) groups excluding carboxylic acids is 2. The molecule has 0 amide bonds. The number of esters is 2. The number of nitrogens with zero attached hydrogens (tertiary/aromatic N) is 3. The fourth-order valence-corrected chi connectivity index (χ4v) is 3.88. The van der Waals surface area contributed by atoms with Crippen LogP contribution < -0.4 is 4.74 Å². The van der Waals surface area contributed by atoms with Gasteiger partial charge in [0.1, 0.15) is 12.0 Å². The van der Waals surface area contributed by atoms with Crippen LogP contribution in [0.2, 0.25) is 0 Å². The standard InChI is InChI=1S/C28H27N3O5/c1-4-35-27(32)21-10-6-19(7-11-21)23(20-8-12-22(13-9-20)28(33)36-5-2)14-16-31-17-15-24-25(31)29-18-30-26(24)34-3/h6-15,17-18H,4-5,16H2,1-3H3. The predicted octanol–water partition coefficient (Wildman–Crippen LogP) is 4.93. The average Bonchev–Trinajstić information content (AvgIpc) is 3.33. The Morgan fingerprint density at radius 3 is 1.83 bits per heavy atom. The van der Waals surface area contributed by atoms with E-state index in [0.717, 1.165) is 27.7 Å². The second-order valence-corrected chi connectivity index (χ2v) is 7.80. The number of aromatic nitrogens is 3. The highest BCUT2D eigenvalue weighted by molar-refractivity contribution is 5.92. The lowest BCUT2D eigenvalue weighted by Crippen LogP contribution is -2.05. The molecule has 0 N–H and O–H groups in total. The summed E-state index contributed by atoms with van der Waals surface area (Å²) in [6.07, 6.45) is 5.49. The first-order valence-corrected chi connectivity index (χ1v) is 11.6. The fourth-order valence-electron chi connectivity index (χ4n) is 3.88. The zero-order valence-electron chi connectivity index (χ0n) is 20.4. The van der Waals surface area contributed by atoms with Crippen molar-refractivity contribution in [2.75, 3.05) is 20.3 Å². The molecule has 36 heavy (non-hydrogen) atoms. The Morgan fingerprint density at radius 1 is 0.806 bits per heavy atom. The van der Waals surface area contributed by atoms with Gasteiger partial charge in [-0.3, -0.25) is 0 Å². The van der Waals surface area contributed by atoms with E-state index in [9.17, 15) is 9.59 Å². The number of allylic oxidation sites excluding steroid dienone is 1. The lowest BCUT2D eigenvalue weighted by atomic mass is 9.95. The summed E-state index contributed by atoms with van der Waals surface area (Å²) in [5.41, 5.74) is 4.48. The number of carbonyl (C=O) groups is 2. The maximum Gasteiger partial charge on any atom is 0.338 e. The normalized spacial score (nSPS) is 10.6. The highest BCUT2D eigenvalue weighted by Crippen LogP contribution is 2.27. The molecule has 0 saturated carbocycles. The summed E-state index contributed by atoms with van der Waals surface area (Å²) in [5, 5.41) is 0.826. The molecule has 0 aliphatic carbocycles. The Morgan fingerprint density at radius 2 is 1.33 bits per heavy atom. The van der Waals surface area contributed by atoms with Crippen LogP contribution in [0.3, 0.4) is 0 Å². The first kappa shape index (κ1) is 24.7. The van der Waals surface area contributed by atoms with Gasteiger partial charge in [-0.1, -0.05) is 30.3 Å². The number of fused-ring (bicyclic) bond motifs is 1. The van der Waals surface area contributed by atoms with Crippen LogP contribution in [0.25, 0.3) is 16.6 Å². The van der Waals surface area contributed by atoms with Gasteiger partial charge in [0.05, 0.1) is 36.8 Å². The lowest BCUT2D eigenvalue weighted by molar-refractivity contribution is 0.0517. The molecule has 0 saturated heterocycles. The molecule has 4 aromatic rings. The van der Waals surface area contributed by atoms with Crippen molar-refractivity contribution in [1.29, 1.82) is 0 Å². The van der Waals surface area contributed by atoms with E-state index in [1.807, 2.05) is 41.1 Å². The average molecular weight is 486 g/mol. The van der Waals surface area contributed by atoms with Crippen molar-refractivity contribution in [2.45, 2.75) is 20.4 Å². The molecule has 0 radical (unpaired) electrons. The van der Waals surface area contributed by atoms with Gasteiger partial charge in [0.25, 0.3) is 0 Å². The molecule has 2 aromatic carbocycles. The van der Waals surface area contributed by atoms with Crippen LogP contribution in [0.1, 0.15) is 45.7 Å². The molecule has 8 heteroatoms. The zero-order valence-corrected chi connectivity index (χ0v) is 20.4. The molecule has 0 unspecified atom stereocenters. The summed E-state index contributed by atoms with van der Waals surface area (Å²) >= 11 is 0. The second-order valence-electron chi connectivity index (χ2n) is 7.80. The number of hydrogen-bond donors (Lipinski definition) is 0. The monoisotopic (exact) mass is 485 g/mol. The number of methoxy groups -OCH3 is 1. The van der Waals surface area contributed by atoms with E-state index in [1.165, 1.54) is 6.33 Å². The van der Waals surface area contributed by atoms with E-state index in [-0.39, 0.29) is 11.9 Å². The van der Waals surface area contributed by atoms with Crippen molar-refractivity contribution in [2.24, 2.45) is 0 Å². The van der Waals surface area contributed by atoms with Crippen LogP contribution in [-0.4, -0.2) is 46.8 Å². The number of rotatable bonds is 9. The van der Waals surface area contributed by atoms with Gasteiger partial charge in [-0.25, -0.2) is 19.6 Å². The van der Waals surface area contributed by atoms with Gasteiger partial charge in [0, 0.05) is 12.7 Å². The van der Waals surface area contributed by atoms with Crippen LogP contribution in [0.4, 0.5) is 0 Å². The first-order valence-electron chi connectivity index (χ1n) is 11.6. The van der Waals surface area contributed by atoms with Gasteiger partial charge in [-0.2, -0.15) is 0 Å². The predicted molar refractivity (Wildman–Crippen MR) is 136 cm³/mol. The minimum absolute atomic E-state index is 0.317. The summed E-state index contributed by atoms with van der Waals surface area (Å²) in [6, 6.07) is 16.5. The Balaban J connectivity index is 1.71. The Bertz CT molecular complexity index is 1330. The van der Waals surface area contributed by atoms with Crippen LogP contribution >= 0.6 is 0 Å². The molecular formula is C28H27N3O5. The van der Waals surface area contributed by atoms with Crippen molar-refractivity contribution in [3.8, 4) is 5.88 Å². The van der Waals surface area contributed by atoms with E-state index in [2.05, 4.69) is 16.0 Å². The maximum atomic E-state index is 12.1. The molecule has 0 spiro atoms. The zero-order chi connectivity index (χ0) is 25.5. The van der Waals surface area contributed by atoms with Crippen molar-refractivity contribution in [3.63, 3.8) is 0 Å². The van der Waals surface area contributed by atoms with Crippen molar-refractivity contribution >= 4 is 28.5 Å². The fraction of sp³-hybridized carbons (Fsp3) is 0.214. The summed E-state index contributed by atoms with van der Waals surface area (Å²) in [4.78, 5) is 32.8. The molecule has 0 aliphatic rings. The third kappa shape index (κ3) is 5.27. The first-order chi connectivity index (χ1) is 17.5. The quantitative estimate of drug-likeness (QED) is 0.311. The van der Waals surface area contributed by atoms with E-state index in [1.54, 1.807) is 45.2 Å². The topological polar surface area (TPSA) is 92.5 Å². The molecule has 2 aromatic heterocycles. The number of benzene rings is 2. The molecule has 8 nitrogen and oxygen atoms in total. The molecule has 0 fully saturated rings. The summed E-state index contributed by atoms with van der Waals surface area (Å²) in [6.45, 7) is 4.71. The molecular weight excluding hydrogens is 458 g/mol. The minimum Gasteiger partial charge on any atom is -0.480 e. The molecule has 2 heterocycles. The highest BCUT2D eigenvalue weighted by atomic mass is 16.5. The summed E-state index contributed by atoms with van der Waals surface area (Å²) < 4.78 is 17.5. The van der Waals surface area contributed by atoms with Gasteiger partial charge in [-0.05, 0) is 60.9 Å². The smallest absolute Gasteiger partial charge is 0.338 e.